The zero-order valence-electron chi connectivity index (χ0n) is 17.1. The number of nitriles is 1. The molecule has 0 spiro atoms. The van der Waals surface area contributed by atoms with Gasteiger partial charge in [0.25, 0.3) is 5.91 Å². The van der Waals surface area contributed by atoms with Gasteiger partial charge in [0.1, 0.15) is 11.6 Å². The van der Waals surface area contributed by atoms with Crippen molar-refractivity contribution in [1.29, 1.82) is 5.26 Å². The molecule has 2 amide bonds. The number of hydrogen-bond acceptors (Lipinski definition) is 6. The fraction of sp³-hybridized carbons (Fsp3) is 0.476. The number of anilines is 2. The maximum Gasteiger partial charge on any atom is 0.266 e. The molecule has 3 rings (SSSR count). The van der Waals surface area contributed by atoms with E-state index < -0.39 is 0 Å². The predicted molar refractivity (Wildman–Crippen MR) is 112 cm³/mol. The minimum absolute atomic E-state index is 0.00911. The second-order valence-electron chi connectivity index (χ2n) is 7.45. The number of carbonyl (C=O) groups is 2. The normalized spacial score (nSPS) is 18.4. The molecule has 2 fully saturated rings. The Hall–Kier alpha value is -3.05. The predicted octanol–water partition coefficient (Wildman–Crippen LogP) is 0.948. The number of carbonyl (C=O) groups excluding carboxylic acids is 2. The van der Waals surface area contributed by atoms with Crippen molar-refractivity contribution in [2.75, 3.05) is 69.6 Å². The number of benzene rings is 1. The number of hydrogen-bond donors (Lipinski definition) is 1. The van der Waals surface area contributed by atoms with Gasteiger partial charge < -0.3 is 24.9 Å². The summed E-state index contributed by atoms with van der Waals surface area (Å²) in [6.45, 7) is 7.53. The fourth-order valence-corrected chi connectivity index (χ4v) is 3.53. The van der Waals surface area contributed by atoms with Gasteiger partial charge in [0.05, 0.1) is 0 Å². The summed E-state index contributed by atoms with van der Waals surface area (Å²) in [7, 11) is 2.13. The molecule has 2 aliphatic heterocycles. The van der Waals surface area contributed by atoms with Gasteiger partial charge in [-0.05, 0) is 31.3 Å². The fourth-order valence-electron chi connectivity index (χ4n) is 3.53. The summed E-state index contributed by atoms with van der Waals surface area (Å²) in [5, 5.41) is 12.5. The number of piperazine rings is 2. The third-order valence-electron chi connectivity index (χ3n) is 5.48. The molecule has 29 heavy (non-hydrogen) atoms. The number of amides is 2. The maximum atomic E-state index is 12.6. The van der Waals surface area contributed by atoms with Gasteiger partial charge in [-0.1, -0.05) is 0 Å². The molecule has 2 saturated heterocycles. The van der Waals surface area contributed by atoms with E-state index in [0.29, 0.717) is 26.2 Å². The molecule has 8 heteroatoms. The Bertz CT molecular complexity index is 797. The Balaban J connectivity index is 1.57. The van der Waals surface area contributed by atoms with Crippen LogP contribution in [-0.2, 0) is 9.59 Å². The Morgan fingerprint density at radius 2 is 1.55 bits per heavy atom. The van der Waals surface area contributed by atoms with Crippen LogP contribution in [-0.4, -0.2) is 85.9 Å². The number of nitrogens with one attached hydrogen (secondary N) is 1. The first-order chi connectivity index (χ1) is 14.0. The van der Waals surface area contributed by atoms with Crippen molar-refractivity contribution in [2.45, 2.75) is 6.92 Å². The van der Waals surface area contributed by atoms with Gasteiger partial charge >= 0.3 is 0 Å². The first kappa shape index (κ1) is 20.7. The highest BCUT2D eigenvalue weighted by molar-refractivity contribution is 5.97. The highest BCUT2D eigenvalue weighted by Gasteiger charge is 2.24. The maximum absolute atomic E-state index is 12.6. The van der Waals surface area contributed by atoms with Crippen LogP contribution in [0.2, 0.25) is 0 Å². The van der Waals surface area contributed by atoms with Gasteiger partial charge in [0.2, 0.25) is 5.91 Å². The molecule has 1 aromatic rings. The summed E-state index contributed by atoms with van der Waals surface area (Å²) in [4.78, 5) is 32.0. The van der Waals surface area contributed by atoms with E-state index in [-0.39, 0.29) is 17.4 Å². The third kappa shape index (κ3) is 5.27. The molecule has 0 radical (unpaired) electrons. The summed E-state index contributed by atoms with van der Waals surface area (Å²) in [5.74, 6) is -0.299. The summed E-state index contributed by atoms with van der Waals surface area (Å²) < 4.78 is 0. The molecular weight excluding hydrogens is 368 g/mol. The summed E-state index contributed by atoms with van der Waals surface area (Å²) in [5.41, 5.74) is 2.06. The van der Waals surface area contributed by atoms with E-state index >= 15 is 0 Å². The first-order valence-electron chi connectivity index (χ1n) is 9.93. The smallest absolute Gasteiger partial charge is 0.266 e. The lowest BCUT2D eigenvalue weighted by molar-refractivity contribution is -0.136. The second kappa shape index (κ2) is 9.43. The Morgan fingerprint density at radius 1 is 0.966 bits per heavy atom. The van der Waals surface area contributed by atoms with Crippen LogP contribution >= 0.6 is 0 Å². The van der Waals surface area contributed by atoms with Crippen molar-refractivity contribution >= 4 is 23.2 Å². The van der Waals surface area contributed by atoms with Crippen LogP contribution in [0.25, 0.3) is 0 Å². The van der Waals surface area contributed by atoms with Gasteiger partial charge in [0.15, 0.2) is 0 Å². The Kier molecular flexibility index (Phi) is 6.73. The van der Waals surface area contributed by atoms with Gasteiger partial charge in [-0.2, -0.15) is 5.26 Å². The number of likely N-dealkylation sites (N-methyl/N-ethyl adjacent to an activating group) is 1. The highest BCUT2D eigenvalue weighted by Crippen LogP contribution is 2.19. The van der Waals surface area contributed by atoms with E-state index in [1.165, 1.54) is 18.8 Å². The molecule has 0 unspecified atom stereocenters. The van der Waals surface area contributed by atoms with Gasteiger partial charge in [-0.15, -0.1) is 0 Å². The molecule has 154 valence electrons. The van der Waals surface area contributed by atoms with Crippen LogP contribution in [0.5, 0.6) is 0 Å². The van der Waals surface area contributed by atoms with Crippen LogP contribution in [0.4, 0.5) is 11.4 Å². The lowest BCUT2D eigenvalue weighted by atomic mass is 10.2. The Morgan fingerprint density at radius 3 is 2.10 bits per heavy atom. The molecular formula is C21H28N6O2. The second-order valence-corrected chi connectivity index (χ2v) is 7.45. The van der Waals surface area contributed by atoms with E-state index in [0.717, 1.165) is 31.9 Å². The molecule has 0 atom stereocenters. The molecule has 0 saturated carbocycles. The molecule has 8 nitrogen and oxygen atoms in total. The van der Waals surface area contributed by atoms with E-state index in [2.05, 4.69) is 34.3 Å². The van der Waals surface area contributed by atoms with Crippen molar-refractivity contribution in [2.24, 2.45) is 0 Å². The van der Waals surface area contributed by atoms with Gasteiger partial charge in [-0.3, -0.25) is 9.59 Å². The molecule has 1 N–H and O–H groups in total. The molecule has 0 bridgehead atoms. The van der Waals surface area contributed by atoms with Crippen molar-refractivity contribution in [1.82, 2.24) is 14.7 Å². The average Bonchev–Trinajstić information content (AvgIpc) is 2.75. The summed E-state index contributed by atoms with van der Waals surface area (Å²) in [6.07, 6.45) is 1.46. The number of nitrogens with zero attached hydrogens (tertiary/aromatic N) is 5. The monoisotopic (exact) mass is 396 g/mol. The van der Waals surface area contributed by atoms with Crippen molar-refractivity contribution < 1.29 is 9.59 Å². The average molecular weight is 396 g/mol. The SMILES string of the molecule is CC(=O)N1CCN(C(=O)/C(C#N)=C\Nc2ccc(N3CCN(C)CC3)cc2)CC1. The quantitative estimate of drug-likeness (QED) is 0.603. The molecule has 2 aliphatic rings. The first-order valence-corrected chi connectivity index (χ1v) is 9.93. The lowest BCUT2D eigenvalue weighted by Gasteiger charge is -2.34. The molecule has 0 aliphatic carbocycles. The highest BCUT2D eigenvalue weighted by atomic mass is 16.2. The minimum atomic E-state index is -0.308. The van der Waals surface area contributed by atoms with Crippen molar-refractivity contribution in [3.63, 3.8) is 0 Å². The van der Waals surface area contributed by atoms with Crippen LogP contribution in [0, 0.1) is 11.3 Å². The largest absolute Gasteiger partial charge is 0.369 e. The van der Waals surface area contributed by atoms with Crippen molar-refractivity contribution in [3.05, 3.63) is 36.0 Å². The van der Waals surface area contributed by atoms with Crippen LogP contribution in [0.3, 0.4) is 0 Å². The van der Waals surface area contributed by atoms with Crippen LogP contribution < -0.4 is 10.2 Å². The van der Waals surface area contributed by atoms with E-state index in [1.54, 1.807) is 9.80 Å². The van der Waals surface area contributed by atoms with Crippen molar-refractivity contribution in [3.8, 4) is 6.07 Å². The van der Waals surface area contributed by atoms with E-state index in [1.807, 2.05) is 18.2 Å². The number of rotatable bonds is 4. The zero-order chi connectivity index (χ0) is 20.8. The Labute approximate surface area is 172 Å². The lowest BCUT2D eigenvalue weighted by Crippen LogP contribution is -2.50. The molecule has 0 aromatic heterocycles. The topological polar surface area (TPSA) is 82.9 Å². The van der Waals surface area contributed by atoms with Gasteiger partial charge in [0, 0.05) is 76.9 Å². The van der Waals surface area contributed by atoms with E-state index in [4.69, 9.17) is 0 Å². The van der Waals surface area contributed by atoms with Gasteiger partial charge in [-0.25, -0.2) is 0 Å². The van der Waals surface area contributed by atoms with Crippen LogP contribution in [0.15, 0.2) is 36.0 Å². The summed E-state index contributed by atoms with van der Waals surface area (Å²) >= 11 is 0. The van der Waals surface area contributed by atoms with E-state index in [9.17, 15) is 14.9 Å². The minimum Gasteiger partial charge on any atom is -0.369 e. The third-order valence-corrected chi connectivity index (χ3v) is 5.48. The molecule has 1 aromatic carbocycles. The zero-order valence-corrected chi connectivity index (χ0v) is 17.1. The standard InChI is InChI=1S/C21H28N6O2/c1-17(28)25-11-13-27(14-12-25)21(29)18(15-22)16-23-19-3-5-20(6-4-19)26-9-7-24(2)8-10-26/h3-6,16,23H,7-14H2,1-2H3/b18-16-. The van der Waals surface area contributed by atoms with Crippen LogP contribution in [0.1, 0.15) is 6.92 Å². The molecule has 2 heterocycles. The summed E-state index contributed by atoms with van der Waals surface area (Å²) in [6, 6.07) is 10.00.